The van der Waals surface area contributed by atoms with Gasteiger partial charge in [0.25, 0.3) is 10.1 Å². The van der Waals surface area contributed by atoms with Crippen LogP contribution in [0.25, 0.3) is 0 Å². The lowest BCUT2D eigenvalue weighted by Gasteiger charge is -2.51. The Labute approximate surface area is 407 Å². The van der Waals surface area contributed by atoms with Crippen LogP contribution in [-0.2, 0) is 71.7 Å². The van der Waals surface area contributed by atoms with Crippen LogP contribution in [-0.4, -0.2) is 336 Å². The smallest absolute Gasteiger partial charge is 0.267 e. The summed E-state index contributed by atoms with van der Waals surface area (Å²) in [5.41, 5.74) is 0. The van der Waals surface area contributed by atoms with Crippen LogP contribution in [0.2, 0.25) is 0 Å². The molecule has 34 heteroatoms. The van der Waals surface area contributed by atoms with E-state index in [1.807, 2.05) is 0 Å². The van der Waals surface area contributed by atoms with Gasteiger partial charge in [-0.3, -0.25) is 4.55 Å². The number of aliphatic hydroxyl groups is 17. The van der Waals surface area contributed by atoms with Gasteiger partial charge in [0.15, 0.2) is 37.7 Å². The Hall–Kier alpha value is -1.29. The highest BCUT2D eigenvalue weighted by molar-refractivity contribution is 7.85. The van der Waals surface area contributed by atoms with Gasteiger partial charge in [0.05, 0.1) is 52.0 Å². The van der Waals surface area contributed by atoms with Crippen molar-refractivity contribution in [3.05, 3.63) is 0 Å². The predicted octanol–water partition coefficient (Wildman–Crippen LogP) is -13.1. The van der Waals surface area contributed by atoms with E-state index in [1.165, 1.54) is 0 Å². The van der Waals surface area contributed by atoms with Crippen molar-refractivity contribution in [2.24, 2.45) is 0 Å². The molecule has 12 bridgehead atoms. The standard InChI is InChI=1S/C38H64O33S/c39-3-9-26-15(45)20(50)33(60-9)67-27-10(4-40)62-35(22(52)17(27)47)69-29-12(6-42)64-37(24(54)19(29)49)71-31-14(8-44)65-38(25(55)32(31)59-1-2-72(56,57)58)70-30-13(7-43)63-36(23(53)18(30)48)68-28-11(5-41)61-34(66-26)21(51)16(28)46/h9-55H,1-8H2,(H,56,57,58)/t9-,10-,11-,12-,13-,14-,15-,16-,17-,18-,19-,20-,21-,22-,23-,24-,25-,26-,27-,28-,29-,30-,31+,32-,33-,34-,35-,36-,37-,38-/m1/s1. The molecule has 0 aromatic carbocycles. The van der Waals surface area contributed by atoms with Crippen molar-refractivity contribution in [2.45, 2.75) is 184 Å². The fraction of sp³-hybridized carbons (Fsp3) is 1.00. The summed E-state index contributed by atoms with van der Waals surface area (Å²) in [6, 6.07) is 0. The number of aliphatic hydroxyl groups excluding tert-OH is 17. The maximum atomic E-state index is 11.7. The molecular formula is C38H64O33S. The molecule has 72 heavy (non-hydrogen) atoms. The molecule has 22 aliphatic rings. The Balaban J connectivity index is 1.22. The van der Waals surface area contributed by atoms with Gasteiger partial charge in [0, 0.05) is 0 Å². The van der Waals surface area contributed by atoms with Gasteiger partial charge in [0.2, 0.25) is 0 Å². The van der Waals surface area contributed by atoms with Gasteiger partial charge in [-0.25, -0.2) is 0 Å². The van der Waals surface area contributed by atoms with Gasteiger partial charge >= 0.3 is 0 Å². The molecule has 22 saturated heterocycles. The topological polar surface area (TPSA) is 518 Å². The SMILES string of the molecule is O=S(=O)(O)CCO[C@@H]1[C@@H](O)[C@H]2O[C@H]3[C@H](O)[C@@H](O)[C@@H](O[C@H]4[C@H](O)[C@@H](O)[C@@H](O[C@H]5[C@H](O)[C@@H](O)[C@@H](O[C@H]6[C@H](O)[C@@H](O)[C@@H](O[C@H]7[C@H](O)[C@@H](O)[C@@H](O[C@H]1[C@@H](CO)O2)O[C@@H]7CO)O[C@@H]6CO)O[C@@H]5CO)O[C@@H]4CO)O[C@@H]3CO. The third-order valence-corrected chi connectivity index (χ3v) is 14.0. The molecule has 22 aliphatic heterocycles. The van der Waals surface area contributed by atoms with E-state index >= 15 is 0 Å². The van der Waals surface area contributed by atoms with Crippen LogP contribution in [0.1, 0.15) is 0 Å². The lowest BCUT2D eigenvalue weighted by atomic mass is 9.94. The van der Waals surface area contributed by atoms with Crippen molar-refractivity contribution >= 4 is 10.1 Å². The first kappa shape index (κ1) is 58.4. The summed E-state index contributed by atoms with van der Waals surface area (Å²) in [6.07, 6.45) is -60.0. The molecule has 0 aromatic rings. The monoisotopic (exact) mass is 1080 g/mol. The maximum Gasteiger partial charge on any atom is 0.267 e. The van der Waals surface area contributed by atoms with E-state index < -0.39 is 246 Å². The fourth-order valence-corrected chi connectivity index (χ4v) is 9.70. The highest BCUT2D eigenvalue weighted by Gasteiger charge is 2.59. The number of hydrogen-bond acceptors (Lipinski definition) is 32. The summed E-state index contributed by atoms with van der Waals surface area (Å²) < 4.78 is 107. The molecule has 33 nitrogen and oxygen atoms in total. The quantitative estimate of drug-likeness (QED) is 0.0903. The Morgan fingerprint density at radius 2 is 0.514 bits per heavy atom. The summed E-state index contributed by atoms with van der Waals surface area (Å²) in [5, 5.41) is 187. The Morgan fingerprint density at radius 1 is 0.306 bits per heavy atom. The van der Waals surface area contributed by atoms with Crippen molar-refractivity contribution in [1.29, 1.82) is 0 Å². The van der Waals surface area contributed by atoms with Crippen LogP contribution in [0.5, 0.6) is 0 Å². The Morgan fingerprint density at radius 3 is 0.736 bits per heavy atom. The largest absolute Gasteiger partial charge is 0.394 e. The average molecular weight is 1080 g/mol. The number of rotatable bonds is 10. The minimum Gasteiger partial charge on any atom is -0.394 e. The first-order valence-electron chi connectivity index (χ1n) is 22.7. The molecule has 22 rings (SSSR count). The molecule has 18 N–H and O–H groups in total. The van der Waals surface area contributed by atoms with Crippen molar-refractivity contribution in [3.63, 3.8) is 0 Å². The maximum absolute atomic E-state index is 11.7. The molecular weight excluding hydrogens is 1020 g/mol. The van der Waals surface area contributed by atoms with Crippen LogP contribution >= 0.6 is 0 Å². The highest BCUT2D eigenvalue weighted by Crippen LogP contribution is 2.38. The molecule has 0 aromatic heterocycles. The van der Waals surface area contributed by atoms with E-state index in [-0.39, 0.29) is 0 Å². The van der Waals surface area contributed by atoms with Gasteiger partial charge in [-0.1, -0.05) is 0 Å². The van der Waals surface area contributed by atoms with Crippen LogP contribution in [0.4, 0.5) is 0 Å². The second-order valence-electron chi connectivity index (χ2n) is 18.0. The lowest BCUT2D eigenvalue weighted by molar-refractivity contribution is -0.404. The molecule has 30 atom stereocenters. The normalized spacial score (nSPS) is 52.0. The minimum absolute atomic E-state index is 0.910. The number of ether oxygens (including phenoxy) is 13. The van der Waals surface area contributed by atoms with Crippen molar-refractivity contribution in [3.8, 4) is 0 Å². The van der Waals surface area contributed by atoms with Gasteiger partial charge in [-0.05, 0) is 0 Å². The molecule has 0 aliphatic carbocycles. The summed E-state index contributed by atoms with van der Waals surface area (Å²) in [4.78, 5) is 0. The summed E-state index contributed by atoms with van der Waals surface area (Å²) in [7, 11) is -4.74. The Kier molecular flexibility index (Phi) is 19.9. The molecule has 420 valence electrons. The van der Waals surface area contributed by atoms with Gasteiger partial charge in [0.1, 0.15) is 146 Å². The van der Waals surface area contributed by atoms with Crippen molar-refractivity contribution in [2.75, 3.05) is 52.0 Å². The fourth-order valence-electron chi connectivity index (χ4n) is 9.39. The second kappa shape index (κ2) is 24.6. The van der Waals surface area contributed by atoms with E-state index in [4.69, 9.17) is 61.6 Å². The zero-order valence-electron chi connectivity index (χ0n) is 37.6. The average Bonchev–Trinajstić information content (AvgIpc) is 3.35. The van der Waals surface area contributed by atoms with Crippen LogP contribution in [0.15, 0.2) is 0 Å². The van der Waals surface area contributed by atoms with E-state index in [2.05, 4.69) is 0 Å². The first-order chi connectivity index (χ1) is 34.1. The number of hydrogen-bond donors (Lipinski definition) is 18. The molecule has 22 fully saturated rings. The van der Waals surface area contributed by atoms with Crippen molar-refractivity contribution < 1.29 is 161 Å². The molecule has 0 unspecified atom stereocenters. The minimum atomic E-state index is -4.74. The van der Waals surface area contributed by atoms with E-state index in [1.54, 1.807) is 0 Å². The third kappa shape index (κ3) is 12.0. The highest BCUT2D eigenvalue weighted by atomic mass is 32.2. The summed E-state index contributed by atoms with van der Waals surface area (Å²) in [6.45, 7) is -7.21. The molecule has 0 radical (unpaired) electrons. The third-order valence-electron chi connectivity index (χ3n) is 13.3. The van der Waals surface area contributed by atoms with Crippen LogP contribution in [0.3, 0.4) is 0 Å². The molecule has 22 heterocycles. The zero-order valence-corrected chi connectivity index (χ0v) is 38.4. The van der Waals surface area contributed by atoms with Gasteiger partial charge in [-0.15, -0.1) is 0 Å². The molecule has 0 spiro atoms. The summed E-state index contributed by atoms with van der Waals surface area (Å²) >= 11 is 0. The van der Waals surface area contributed by atoms with E-state index in [9.17, 15) is 99.8 Å². The van der Waals surface area contributed by atoms with Gasteiger partial charge in [-0.2, -0.15) is 8.42 Å². The zero-order chi connectivity index (χ0) is 52.7. The van der Waals surface area contributed by atoms with Gasteiger partial charge < -0.3 is 148 Å². The molecule has 0 amide bonds. The Bertz CT molecular complexity index is 1800. The van der Waals surface area contributed by atoms with E-state index in [0.717, 1.165) is 0 Å². The van der Waals surface area contributed by atoms with E-state index in [0.29, 0.717) is 0 Å². The second-order valence-corrected chi connectivity index (χ2v) is 19.5. The summed E-state index contributed by atoms with van der Waals surface area (Å²) in [5.74, 6) is -1.10. The van der Waals surface area contributed by atoms with Crippen LogP contribution in [0, 0.1) is 0 Å². The first-order valence-corrected chi connectivity index (χ1v) is 24.3. The van der Waals surface area contributed by atoms with Crippen molar-refractivity contribution in [1.82, 2.24) is 0 Å². The van der Waals surface area contributed by atoms with Crippen LogP contribution < -0.4 is 0 Å². The lowest BCUT2D eigenvalue weighted by Crippen LogP contribution is -2.69. The predicted molar refractivity (Wildman–Crippen MR) is 216 cm³/mol. The molecule has 0 saturated carbocycles.